The number of aromatic carboxylic acids is 1. The average Bonchev–Trinajstić information content (AvgIpc) is 2.96. The molecule has 7 nitrogen and oxygen atoms in total. The average molecular weight is 309 g/mol. The summed E-state index contributed by atoms with van der Waals surface area (Å²) in [6.07, 6.45) is 1.88. The molecule has 8 heteroatoms. The van der Waals surface area contributed by atoms with Crippen molar-refractivity contribution in [2.24, 2.45) is 0 Å². The minimum absolute atomic E-state index is 0.00385. The van der Waals surface area contributed by atoms with E-state index in [1.165, 1.54) is 37.5 Å². The molecule has 0 unspecified atom stereocenters. The van der Waals surface area contributed by atoms with Crippen LogP contribution in [0.25, 0.3) is 0 Å². The Morgan fingerprint density at radius 2 is 1.95 bits per heavy atom. The van der Waals surface area contributed by atoms with Gasteiger partial charge in [0, 0.05) is 13.5 Å². The van der Waals surface area contributed by atoms with E-state index in [0.717, 1.165) is 4.31 Å². The van der Waals surface area contributed by atoms with E-state index in [0.29, 0.717) is 17.9 Å². The molecule has 0 aliphatic rings. The zero-order chi connectivity index (χ0) is 15.6. The maximum absolute atomic E-state index is 12.4. The summed E-state index contributed by atoms with van der Waals surface area (Å²) >= 11 is 0. The van der Waals surface area contributed by atoms with Crippen LogP contribution in [0.1, 0.15) is 23.1 Å². The zero-order valence-corrected chi connectivity index (χ0v) is 12.4. The van der Waals surface area contributed by atoms with E-state index in [9.17, 15) is 13.2 Å². The molecule has 0 saturated heterocycles. The molecule has 0 aliphatic heterocycles. The Hall–Kier alpha value is -2.35. The lowest BCUT2D eigenvalue weighted by atomic mass is 10.2. The van der Waals surface area contributed by atoms with Crippen molar-refractivity contribution in [3.63, 3.8) is 0 Å². The monoisotopic (exact) mass is 309 g/mol. The first kappa shape index (κ1) is 15.0. The molecule has 1 aromatic heterocycles. The number of H-pyrrole nitrogens is 1. The summed E-state index contributed by atoms with van der Waals surface area (Å²) in [6.45, 7) is 1.86. The van der Waals surface area contributed by atoms with Crippen molar-refractivity contribution in [2.45, 2.75) is 18.4 Å². The van der Waals surface area contributed by atoms with E-state index in [4.69, 9.17) is 5.11 Å². The van der Waals surface area contributed by atoms with Gasteiger partial charge in [-0.15, -0.1) is 0 Å². The Kier molecular flexibility index (Phi) is 3.99. The van der Waals surface area contributed by atoms with Gasteiger partial charge < -0.3 is 10.1 Å². The normalized spacial score (nSPS) is 11.3. The Morgan fingerprint density at radius 3 is 2.43 bits per heavy atom. The number of aromatic nitrogens is 2. The molecule has 0 saturated carbocycles. The predicted octanol–water partition coefficient (Wildman–Crippen LogP) is 1.50. The van der Waals surface area contributed by atoms with Gasteiger partial charge in [-0.3, -0.25) is 4.31 Å². The van der Waals surface area contributed by atoms with Crippen LogP contribution in [0.15, 0.2) is 35.5 Å². The Labute approximate surface area is 122 Å². The van der Waals surface area contributed by atoms with Gasteiger partial charge in [0.15, 0.2) is 5.03 Å². The summed E-state index contributed by atoms with van der Waals surface area (Å²) in [5.41, 5.74) is 0.465. The first-order valence-electron chi connectivity index (χ1n) is 6.22. The van der Waals surface area contributed by atoms with E-state index >= 15 is 0 Å². The van der Waals surface area contributed by atoms with Crippen LogP contribution < -0.4 is 4.31 Å². The number of aryl methyl sites for hydroxylation is 1. The van der Waals surface area contributed by atoms with Crippen molar-refractivity contribution in [3.05, 3.63) is 41.9 Å². The molecule has 1 heterocycles. The lowest BCUT2D eigenvalue weighted by Gasteiger charge is -2.18. The van der Waals surface area contributed by atoms with Crippen molar-refractivity contribution in [1.29, 1.82) is 0 Å². The number of carboxylic acids is 1. The number of aromatic amines is 1. The van der Waals surface area contributed by atoms with E-state index in [2.05, 4.69) is 9.97 Å². The summed E-state index contributed by atoms with van der Waals surface area (Å²) in [5, 5.41) is 8.84. The van der Waals surface area contributed by atoms with Gasteiger partial charge >= 0.3 is 5.97 Å². The van der Waals surface area contributed by atoms with Gasteiger partial charge in [0.05, 0.1) is 17.4 Å². The molecule has 112 valence electrons. The number of rotatable bonds is 5. The highest BCUT2D eigenvalue weighted by Crippen LogP contribution is 2.21. The highest BCUT2D eigenvalue weighted by molar-refractivity contribution is 7.92. The van der Waals surface area contributed by atoms with Crippen LogP contribution in [0.5, 0.6) is 0 Å². The summed E-state index contributed by atoms with van der Waals surface area (Å²) in [6, 6.07) is 5.60. The molecule has 2 aromatic rings. The molecule has 2 rings (SSSR count). The molecule has 0 amide bonds. The van der Waals surface area contributed by atoms with Crippen LogP contribution in [0, 0.1) is 0 Å². The Morgan fingerprint density at radius 1 is 1.33 bits per heavy atom. The number of hydrogen-bond donors (Lipinski definition) is 2. The van der Waals surface area contributed by atoms with Crippen LogP contribution >= 0.6 is 0 Å². The largest absolute Gasteiger partial charge is 0.478 e. The molecule has 0 radical (unpaired) electrons. The van der Waals surface area contributed by atoms with Crippen LogP contribution in [-0.2, 0) is 16.4 Å². The molecule has 21 heavy (non-hydrogen) atoms. The quantitative estimate of drug-likeness (QED) is 0.871. The summed E-state index contributed by atoms with van der Waals surface area (Å²) in [4.78, 5) is 17.5. The van der Waals surface area contributed by atoms with Crippen molar-refractivity contribution < 1.29 is 18.3 Å². The third-order valence-electron chi connectivity index (χ3n) is 3.06. The predicted molar refractivity (Wildman–Crippen MR) is 77.0 cm³/mol. The summed E-state index contributed by atoms with van der Waals surface area (Å²) < 4.78 is 25.9. The highest BCUT2D eigenvalue weighted by Gasteiger charge is 2.23. The van der Waals surface area contributed by atoms with Gasteiger partial charge in [0.1, 0.15) is 5.82 Å². The third-order valence-corrected chi connectivity index (χ3v) is 4.75. The first-order valence-corrected chi connectivity index (χ1v) is 7.66. The minimum Gasteiger partial charge on any atom is -0.478 e. The summed E-state index contributed by atoms with van der Waals surface area (Å²) in [7, 11) is -2.35. The second-order valence-electron chi connectivity index (χ2n) is 4.37. The van der Waals surface area contributed by atoms with Crippen molar-refractivity contribution in [1.82, 2.24) is 9.97 Å². The van der Waals surface area contributed by atoms with Crippen LogP contribution in [-0.4, -0.2) is 36.5 Å². The van der Waals surface area contributed by atoms with Crippen LogP contribution in [0.4, 0.5) is 5.69 Å². The maximum atomic E-state index is 12.4. The number of imidazole rings is 1. The fourth-order valence-corrected chi connectivity index (χ4v) is 2.88. The summed E-state index contributed by atoms with van der Waals surface area (Å²) in [5.74, 6) is -0.476. The number of hydrogen-bond acceptors (Lipinski definition) is 4. The SMILES string of the molecule is CCc1ncc(S(=O)(=O)N(C)c2ccc(C(=O)O)cc2)[nH]1. The number of nitrogens with zero attached hydrogens (tertiary/aromatic N) is 2. The van der Waals surface area contributed by atoms with Crippen LogP contribution in [0.3, 0.4) is 0 Å². The fraction of sp³-hybridized carbons (Fsp3) is 0.231. The van der Waals surface area contributed by atoms with Gasteiger partial charge in [-0.2, -0.15) is 8.42 Å². The second kappa shape index (κ2) is 5.57. The molecule has 0 atom stereocenters. The highest BCUT2D eigenvalue weighted by atomic mass is 32.2. The fourth-order valence-electron chi connectivity index (χ4n) is 1.75. The molecule has 0 bridgehead atoms. The second-order valence-corrected chi connectivity index (χ2v) is 6.31. The van der Waals surface area contributed by atoms with Gasteiger partial charge in [-0.25, -0.2) is 9.78 Å². The zero-order valence-electron chi connectivity index (χ0n) is 11.6. The lowest BCUT2D eigenvalue weighted by Crippen LogP contribution is -2.26. The van der Waals surface area contributed by atoms with E-state index < -0.39 is 16.0 Å². The first-order chi connectivity index (χ1) is 9.86. The number of sulfonamides is 1. The van der Waals surface area contributed by atoms with Crippen molar-refractivity contribution >= 4 is 21.7 Å². The minimum atomic E-state index is -3.75. The number of carbonyl (C=O) groups is 1. The van der Waals surface area contributed by atoms with Gasteiger partial charge in [-0.05, 0) is 24.3 Å². The van der Waals surface area contributed by atoms with Crippen molar-refractivity contribution in [2.75, 3.05) is 11.4 Å². The van der Waals surface area contributed by atoms with E-state index in [1.807, 2.05) is 6.92 Å². The van der Waals surface area contributed by atoms with Gasteiger partial charge in [-0.1, -0.05) is 6.92 Å². The Balaban J connectivity index is 2.33. The maximum Gasteiger partial charge on any atom is 0.335 e. The number of anilines is 1. The van der Waals surface area contributed by atoms with Gasteiger partial charge in [0.25, 0.3) is 10.0 Å². The molecule has 0 aliphatic carbocycles. The molecule has 1 aromatic carbocycles. The van der Waals surface area contributed by atoms with E-state index in [-0.39, 0.29) is 10.6 Å². The molecule has 0 spiro atoms. The third kappa shape index (κ3) is 2.89. The smallest absolute Gasteiger partial charge is 0.335 e. The molecule has 2 N–H and O–H groups in total. The standard InChI is InChI=1S/C13H15N3O4S/c1-3-11-14-8-12(15-11)21(19,20)16(2)10-6-4-9(5-7-10)13(17)18/h4-8H,3H2,1-2H3,(H,14,15)(H,17,18). The topological polar surface area (TPSA) is 103 Å². The van der Waals surface area contributed by atoms with Gasteiger partial charge in [0.2, 0.25) is 0 Å². The lowest BCUT2D eigenvalue weighted by molar-refractivity contribution is 0.0697. The van der Waals surface area contributed by atoms with E-state index in [1.54, 1.807) is 0 Å². The number of carboxylic acid groups (broad SMARTS) is 1. The number of benzene rings is 1. The number of nitrogens with one attached hydrogen (secondary N) is 1. The Bertz CT molecular complexity index is 750. The van der Waals surface area contributed by atoms with Crippen LogP contribution in [0.2, 0.25) is 0 Å². The molecule has 0 fully saturated rings. The molecular weight excluding hydrogens is 294 g/mol. The molecular formula is C13H15N3O4S. The van der Waals surface area contributed by atoms with Crippen molar-refractivity contribution in [3.8, 4) is 0 Å².